The molecule has 0 aliphatic rings. The van der Waals surface area contributed by atoms with Crippen LogP contribution in [0.3, 0.4) is 0 Å². The van der Waals surface area contributed by atoms with Crippen molar-refractivity contribution >= 4 is 39.5 Å². The minimum atomic E-state index is -4.96. The highest BCUT2D eigenvalue weighted by molar-refractivity contribution is 7.47. The molecule has 0 aliphatic carbocycles. The lowest BCUT2D eigenvalue weighted by Crippen LogP contribution is -2.30. The summed E-state index contributed by atoms with van der Waals surface area (Å²) in [4.78, 5) is 73.0. The maximum Gasteiger partial charge on any atom is 0.472 e. The summed E-state index contributed by atoms with van der Waals surface area (Å²) in [6.45, 7) is 7.31. The third kappa shape index (κ3) is 74.1. The molecule has 0 aliphatic heterocycles. The van der Waals surface area contributed by atoms with E-state index in [4.69, 9.17) is 37.0 Å². The third-order valence-electron chi connectivity index (χ3n) is 18.8. The summed E-state index contributed by atoms with van der Waals surface area (Å²) in [6.07, 6.45) is 63.8. The number of unbranched alkanes of at least 4 members (excludes halogenated alkanes) is 52. The monoisotopic (exact) mass is 1450 g/mol. The number of phosphoric ester groups is 2. The summed E-state index contributed by atoms with van der Waals surface area (Å²) in [5, 5.41) is 10.6. The van der Waals surface area contributed by atoms with Gasteiger partial charge in [0.2, 0.25) is 0 Å². The predicted molar refractivity (Wildman–Crippen MR) is 405 cm³/mol. The van der Waals surface area contributed by atoms with E-state index < -0.39 is 97.5 Å². The standard InChI is InChI=1S/C80H156O17P2/c1-6-9-12-15-18-21-24-27-29-30-31-32-33-34-37-40-45-51-56-61-66-80(85)96-75(69-90-77(82)63-58-53-48-43-38-36-28-25-22-19-16-13-10-7-2)71-94-98(86,87)92-67-74(81)68-93-99(88,89)95-72-76(70-91-78(83)64-59-54-49-46-41-42-47-52-57-62-73(4)5)97-79(84)65-60-55-50-44-39-35-26-23-20-17-14-11-8-3/h73-76,81H,6-72H2,1-5H3,(H,86,87)(H,88,89)/t74-,75-,76-/m1/s1. The number of aliphatic hydroxyl groups excluding tert-OH is 1. The summed E-state index contributed by atoms with van der Waals surface area (Å²) in [5.41, 5.74) is 0. The van der Waals surface area contributed by atoms with E-state index in [9.17, 15) is 43.2 Å². The van der Waals surface area contributed by atoms with Gasteiger partial charge >= 0.3 is 39.5 Å². The molecule has 588 valence electrons. The second kappa shape index (κ2) is 73.0. The van der Waals surface area contributed by atoms with E-state index in [1.165, 1.54) is 250 Å². The summed E-state index contributed by atoms with van der Waals surface area (Å²) >= 11 is 0. The van der Waals surface area contributed by atoms with Crippen LogP contribution in [0, 0.1) is 5.92 Å². The molecule has 0 saturated heterocycles. The molecule has 0 heterocycles. The van der Waals surface area contributed by atoms with Crippen LogP contribution >= 0.6 is 15.6 Å². The van der Waals surface area contributed by atoms with E-state index in [1.807, 2.05) is 0 Å². The molecule has 17 nitrogen and oxygen atoms in total. The summed E-state index contributed by atoms with van der Waals surface area (Å²) in [7, 11) is -9.92. The second-order valence-electron chi connectivity index (χ2n) is 29.3. The number of hydrogen-bond acceptors (Lipinski definition) is 15. The van der Waals surface area contributed by atoms with Crippen LogP contribution < -0.4 is 0 Å². The van der Waals surface area contributed by atoms with Crippen LogP contribution in [0.2, 0.25) is 0 Å². The highest BCUT2D eigenvalue weighted by Gasteiger charge is 2.30. The van der Waals surface area contributed by atoms with Crippen molar-refractivity contribution in [3.8, 4) is 0 Å². The zero-order chi connectivity index (χ0) is 72.7. The van der Waals surface area contributed by atoms with Gasteiger partial charge in [-0.05, 0) is 31.6 Å². The van der Waals surface area contributed by atoms with Gasteiger partial charge in [0.15, 0.2) is 12.2 Å². The van der Waals surface area contributed by atoms with Crippen molar-refractivity contribution in [2.45, 2.75) is 445 Å². The molecule has 0 spiro atoms. The molecule has 0 radical (unpaired) electrons. The van der Waals surface area contributed by atoms with Gasteiger partial charge in [-0.15, -0.1) is 0 Å². The number of hydrogen-bond donors (Lipinski definition) is 3. The number of esters is 4. The van der Waals surface area contributed by atoms with Crippen molar-refractivity contribution in [2.75, 3.05) is 39.6 Å². The Morgan fingerprint density at radius 1 is 0.273 bits per heavy atom. The Kier molecular flexibility index (Phi) is 71.6. The Morgan fingerprint density at radius 3 is 0.687 bits per heavy atom. The fourth-order valence-corrected chi connectivity index (χ4v) is 14.0. The van der Waals surface area contributed by atoms with Gasteiger partial charge in [-0.25, -0.2) is 9.13 Å². The average Bonchev–Trinajstić information content (AvgIpc) is 1.04. The van der Waals surface area contributed by atoms with Crippen LogP contribution in [0.5, 0.6) is 0 Å². The SMILES string of the molecule is CCCCCCCCCCCCCCCCCCCCCCC(=O)O[C@H](COC(=O)CCCCCCCCCCCCCCCC)COP(=O)(O)OC[C@@H](O)COP(=O)(O)OC[C@@H](COC(=O)CCCCCCCCCCCC(C)C)OC(=O)CCCCCCCCCCCCCCC. The van der Waals surface area contributed by atoms with Crippen LogP contribution in [0.4, 0.5) is 0 Å². The average molecular weight is 1450 g/mol. The number of carbonyl (C=O) groups excluding carboxylic acids is 4. The van der Waals surface area contributed by atoms with Crippen molar-refractivity contribution in [1.29, 1.82) is 0 Å². The molecule has 0 aromatic carbocycles. The smallest absolute Gasteiger partial charge is 0.462 e. The number of phosphoric acid groups is 2. The van der Waals surface area contributed by atoms with Gasteiger partial charge in [0.25, 0.3) is 0 Å². The lowest BCUT2D eigenvalue weighted by Gasteiger charge is -2.21. The van der Waals surface area contributed by atoms with E-state index in [0.29, 0.717) is 25.7 Å². The third-order valence-corrected chi connectivity index (χ3v) is 20.7. The zero-order valence-corrected chi connectivity index (χ0v) is 66.4. The van der Waals surface area contributed by atoms with Gasteiger partial charge in [-0.3, -0.25) is 37.3 Å². The van der Waals surface area contributed by atoms with Crippen LogP contribution in [0.15, 0.2) is 0 Å². The molecule has 0 aromatic rings. The quantitative estimate of drug-likeness (QED) is 0.0222. The number of rotatable bonds is 80. The molecule has 99 heavy (non-hydrogen) atoms. The summed E-state index contributed by atoms with van der Waals surface area (Å²) in [6, 6.07) is 0. The Bertz CT molecular complexity index is 1890. The topological polar surface area (TPSA) is 237 Å². The fraction of sp³-hybridized carbons (Fsp3) is 0.950. The molecule has 0 bridgehead atoms. The molecular formula is C80H156O17P2. The van der Waals surface area contributed by atoms with E-state index in [-0.39, 0.29) is 25.7 Å². The Balaban J connectivity index is 5.23. The molecule has 0 aromatic heterocycles. The Labute approximate surface area is 607 Å². The van der Waals surface area contributed by atoms with Crippen molar-refractivity contribution in [3.05, 3.63) is 0 Å². The van der Waals surface area contributed by atoms with Crippen molar-refractivity contribution in [2.24, 2.45) is 5.92 Å². The van der Waals surface area contributed by atoms with Gasteiger partial charge < -0.3 is 33.8 Å². The maximum absolute atomic E-state index is 13.1. The van der Waals surface area contributed by atoms with Crippen molar-refractivity contribution < 1.29 is 80.2 Å². The van der Waals surface area contributed by atoms with Gasteiger partial charge in [0.05, 0.1) is 26.4 Å². The highest BCUT2D eigenvalue weighted by atomic mass is 31.2. The van der Waals surface area contributed by atoms with Crippen LogP contribution in [0.1, 0.15) is 426 Å². The lowest BCUT2D eigenvalue weighted by atomic mass is 10.0. The molecule has 0 saturated carbocycles. The summed E-state index contributed by atoms with van der Waals surface area (Å²) < 4.78 is 68.7. The molecule has 5 atom stereocenters. The Morgan fingerprint density at radius 2 is 0.465 bits per heavy atom. The van der Waals surface area contributed by atoms with Gasteiger partial charge in [0.1, 0.15) is 19.3 Å². The fourth-order valence-electron chi connectivity index (χ4n) is 12.4. The van der Waals surface area contributed by atoms with Gasteiger partial charge in [0, 0.05) is 25.7 Å². The number of ether oxygens (including phenoxy) is 4. The highest BCUT2D eigenvalue weighted by Crippen LogP contribution is 2.45. The van der Waals surface area contributed by atoms with Crippen LogP contribution in [-0.4, -0.2) is 96.7 Å². The minimum absolute atomic E-state index is 0.108. The van der Waals surface area contributed by atoms with Gasteiger partial charge in [-0.1, -0.05) is 375 Å². The minimum Gasteiger partial charge on any atom is -0.462 e. The van der Waals surface area contributed by atoms with E-state index >= 15 is 0 Å². The van der Waals surface area contributed by atoms with Crippen molar-refractivity contribution in [3.63, 3.8) is 0 Å². The Hall–Kier alpha value is -1.94. The number of carbonyl (C=O) groups is 4. The number of aliphatic hydroxyl groups is 1. The molecule has 0 rings (SSSR count). The largest absolute Gasteiger partial charge is 0.472 e. The molecular weight excluding hydrogens is 1290 g/mol. The molecule has 0 amide bonds. The summed E-state index contributed by atoms with van der Waals surface area (Å²) in [5.74, 6) is -1.36. The maximum atomic E-state index is 13.1. The normalized spacial score (nSPS) is 13.9. The first-order valence-corrected chi connectivity index (χ1v) is 44.6. The molecule has 19 heteroatoms. The first-order chi connectivity index (χ1) is 48.0. The first-order valence-electron chi connectivity index (χ1n) is 41.6. The molecule has 0 fully saturated rings. The molecule has 3 N–H and O–H groups in total. The zero-order valence-electron chi connectivity index (χ0n) is 64.6. The van der Waals surface area contributed by atoms with Gasteiger partial charge in [-0.2, -0.15) is 0 Å². The first kappa shape index (κ1) is 97.1. The van der Waals surface area contributed by atoms with E-state index in [2.05, 4.69) is 34.6 Å². The van der Waals surface area contributed by atoms with Crippen molar-refractivity contribution in [1.82, 2.24) is 0 Å². The second-order valence-corrected chi connectivity index (χ2v) is 32.2. The lowest BCUT2D eigenvalue weighted by molar-refractivity contribution is -0.161. The van der Waals surface area contributed by atoms with E-state index in [0.717, 1.165) is 95.8 Å². The van der Waals surface area contributed by atoms with Crippen LogP contribution in [-0.2, 0) is 65.4 Å². The predicted octanol–water partition coefficient (Wildman–Crippen LogP) is 24.0. The van der Waals surface area contributed by atoms with Crippen LogP contribution in [0.25, 0.3) is 0 Å². The van der Waals surface area contributed by atoms with E-state index in [1.54, 1.807) is 0 Å². The molecule has 2 unspecified atom stereocenters.